The fourth-order valence-corrected chi connectivity index (χ4v) is 5.91. The van der Waals surface area contributed by atoms with Gasteiger partial charge in [-0.25, -0.2) is 0 Å². The highest BCUT2D eigenvalue weighted by Crippen LogP contribution is 2.43. The Bertz CT molecular complexity index is 891. The van der Waals surface area contributed by atoms with Crippen molar-refractivity contribution in [2.75, 3.05) is 0 Å². The molecule has 0 radical (unpaired) electrons. The summed E-state index contributed by atoms with van der Waals surface area (Å²) >= 11 is 0. The first-order valence-corrected chi connectivity index (χ1v) is 11.3. The first kappa shape index (κ1) is 18.3. The Kier molecular flexibility index (Phi) is 5.18. The van der Waals surface area contributed by atoms with Crippen LogP contribution in [0.4, 0.5) is 0 Å². The average Bonchev–Trinajstić information content (AvgIpc) is 3.18. The van der Waals surface area contributed by atoms with Crippen LogP contribution in [0, 0.1) is 5.92 Å². The molecule has 0 aliphatic heterocycles. The van der Waals surface area contributed by atoms with Crippen LogP contribution in [0.15, 0.2) is 69.6 Å². The van der Waals surface area contributed by atoms with Crippen molar-refractivity contribution in [2.24, 2.45) is 5.92 Å². The number of carbonyl (C=O) groups excluding carboxylic acids is 2. The zero-order chi connectivity index (χ0) is 18.8. The number of hydrogen-bond donors (Lipinski definition) is 2. The molecule has 0 saturated heterocycles. The summed E-state index contributed by atoms with van der Waals surface area (Å²) in [6.45, 7) is 8.80. The molecule has 0 aromatic heterocycles. The van der Waals surface area contributed by atoms with Gasteiger partial charge in [0.15, 0.2) is 0 Å². The van der Waals surface area contributed by atoms with Crippen LogP contribution in [0.1, 0.15) is 20.3 Å². The summed E-state index contributed by atoms with van der Waals surface area (Å²) in [4.78, 5) is 22.4. The second kappa shape index (κ2) is 7.38. The molecule has 4 nitrogen and oxygen atoms in total. The minimum atomic E-state index is -0.873. The van der Waals surface area contributed by atoms with Gasteiger partial charge in [0.2, 0.25) is 12.8 Å². The molecular formula is C21H24N2O2Si. The average molecular weight is 365 g/mol. The van der Waals surface area contributed by atoms with E-state index in [2.05, 4.69) is 61.9 Å². The SMILES string of the molecule is CC1=CC2=CC(NC=O)=C(NC=O)C(=[Si](C)C)C(C)C2=C1C1=CC=CC1. The molecule has 0 aromatic rings. The molecule has 26 heavy (non-hydrogen) atoms. The molecule has 0 aromatic carbocycles. The highest BCUT2D eigenvalue weighted by molar-refractivity contribution is 6.72. The summed E-state index contributed by atoms with van der Waals surface area (Å²) < 4.78 is 0. The quantitative estimate of drug-likeness (QED) is 0.582. The van der Waals surface area contributed by atoms with E-state index in [4.69, 9.17) is 0 Å². The Morgan fingerprint density at radius 1 is 1.15 bits per heavy atom. The Hall–Kier alpha value is -2.53. The van der Waals surface area contributed by atoms with E-state index in [1.165, 1.54) is 27.5 Å². The number of fused-ring (bicyclic) bond motifs is 1. The second-order valence-electron chi connectivity index (χ2n) is 6.99. The van der Waals surface area contributed by atoms with Gasteiger partial charge in [0.05, 0.1) is 11.4 Å². The lowest BCUT2D eigenvalue weighted by molar-refractivity contribution is -0.110. The van der Waals surface area contributed by atoms with Crippen molar-refractivity contribution in [1.82, 2.24) is 10.6 Å². The summed E-state index contributed by atoms with van der Waals surface area (Å²) in [7, 11) is -0.873. The van der Waals surface area contributed by atoms with Crippen LogP contribution in [0.25, 0.3) is 0 Å². The topological polar surface area (TPSA) is 58.2 Å². The van der Waals surface area contributed by atoms with Crippen molar-refractivity contribution in [3.63, 3.8) is 0 Å². The van der Waals surface area contributed by atoms with Crippen molar-refractivity contribution < 1.29 is 9.59 Å². The summed E-state index contributed by atoms with van der Waals surface area (Å²) in [5.41, 5.74) is 7.72. The van der Waals surface area contributed by atoms with Gasteiger partial charge < -0.3 is 10.6 Å². The zero-order valence-corrected chi connectivity index (χ0v) is 16.6. The van der Waals surface area contributed by atoms with E-state index in [0.29, 0.717) is 18.5 Å². The molecule has 0 bridgehead atoms. The van der Waals surface area contributed by atoms with Crippen LogP contribution in [-0.4, -0.2) is 26.4 Å². The molecule has 0 fully saturated rings. The second-order valence-corrected chi connectivity index (χ2v) is 9.53. The molecule has 3 aliphatic carbocycles. The summed E-state index contributed by atoms with van der Waals surface area (Å²) in [6, 6.07) is 0. The summed E-state index contributed by atoms with van der Waals surface area (Å²) in [5, 5.41) is 6.87. The van der Waals surface area contributed by atoms with Crippen molar-refractivity contribution in [3.05, 3.63) is 69.6 Å². The maximum Gasteiger partial charge on any atom is 0.211 e. The lowest BCUT2D eigenvalue weighted by Gasteiger charge is -2.23. The van der Waals surface area contributed by atoms with Crippen LogP contribution in [0.5, 0.6) is 0 Å². The molecule has 0 saturated carbocycles. The Balaban J connectivity index is 2.28. The first-order valence-electron chi connectivity index (χ1n) is 8.83. The van der Waals surface area contributed by atoms with E-state index in [0.717, 1.165) is 17.7 Å². The summed E-state index contributed by atoms with van der Waals surface area (Å²) in [6.07, 6.45) is 13.0. The molecule has 3 rings (SSSR count). The minimum Gasteiger partial charge on any atom is -0.327 e. The smallest absolute Gasteiger partial charge is 0.211 e. The molecule has 0 spiro atoms. The van der Waals surface area contributed by atoms with Gasteiger partial charge in [-0.3, -0.25) is 9.59 Å². The van der Waals surface area contributed by atoms with Gasteiger partial charge in [-0.2, -0.15) is 0 Å². The van der Waals surface area contributed by atoms with Gasteiger partial charge in [0.25, 0.3) is 0 Å². The van der Waals surface area contributed by atoms with Crippen molar-refractivity contribution in [3.8, 4) is 0 Å². The summed E-state index contributed by atoms with van der Waals surface area (Å²) in [5.74, 6) is 0.170. The third-order valence-electron chi connectivity index (χ3n) is 5.10. The maximum absolute atomic E-state index is 11.3. The molecule has 2 N–H and O–H groups in total. The van der Waals surface area contributed by atoms with Crippen LogP contribution in [-0.2, 0) is 9.59 Å². The van der Waals surface area contributed by atoms with Crippen molar-refractivity contribution in [1.29, 1.82) is 0 Å². The largest absolute Gasteiger partial charge is 0.327 e. The molecule has 1 unspecified atom stereocenters. The lowest BCUT2D eigenvalue weighted by Crippen LogP contribution is -2.32. The minimum absolute atomic E-state index is 0.170. The number of nitrogens with one attached hydrogen (secondary N) is 2. The van der Waals surface area contributed by atoms with Crippen molar-refractivity contribution in [2.45, 2.75) is 33.4 Å². The fraction of sp³-hybridized carbons (Fsp3) is 0.286. The van der Waals surface area contributed by atoms with E-state index >= 15 is 0 Å². The highest BCUT2D eigenvalue weighted by Gasteiger charge is 2.32. The van der Waals surface area contributed by atoms with Crippen LogP contribution in [0.3, 0.4) is 0 Å². The van der Waals surface area contributed by atoms with Crippen LogP contribution in [0.2, 0.25) is 13.1 Å². The molecule has 2 amide bonds. The van der Waals surface area contributed by atoms with Crippen LogP contribution >= 0.6 is 0 Å². The molecule has 1 atom stereocenters. The van der Waals surface area contributed by atoms with Gasteiger partial charge in [-0.05, 0) is 52.5 Å². The molecule has 0 heterocycles. The Morgan fingerprint density at radius 3 is 2.46 bits per heavy atom. The predicted molar refractivity (Wildman–Crippen MR) is 108 cm³/mol. The third-order valence-corrected chi connectivity index (χ3v) is 6.86. The standard InChI is InChI=1S/C21H24N2O2Si/c1-13-9-16-10-17(22-11-24)20(23-12-25)21(26(3)4)14(2)19(16)18(13)15-7-5-6-8-15/h5-7,9-12,14H,8H2,1-4H3,(H,22,24)(H,23,25). The van der Waals surface area contributed by atoms with Gasteiger partial charge in [-0.15, -0.1) is 0 Å². The molecular weight excluding hydrogens is 340 g/mol. The van der Waals surface area contributed by atoms with E-state index in [-0.39, 0.29) is 5.92 Å². The van der Waals surface area contributed by atoms with Crippen LogP contribution < -0.4 is 10.6 Å². The molecule has 134 valence electrons. The van der Waals surface area contributed by atoms with Gasteiger partial charge >= 0.3 is 0 Å². The normalized spacial score (nSPS) is 21.8. The molecule has 5 heteroatoms. The van der Waals surface area contributed by atoms with E-state index in [1.54, 1.807) is 0 Å². The first-order chi connectivity index (χ1) is 12.5. The number of hydrogen-bond acceptors (Lipinski definition) is 2. The number of allylic oxidation sites excluding steroid dienone is 11. The van der Waals surface area contributed by atoms with E-state index < -0.39 is 8.41 Å². The van der Waals surface area contributed by atoms with E-state index in [9.17, 15) is 9.59 Å². The van der Waals surface area contributed by atoms with Crippen molar-refractivity contribution >= 4 is 26.4 Å². The van der Waals surface area contributed by atoms with Gasteiger partial charge in [-0.1, -0.05) is 44.3 Å². The van der Waals surface area contributed by atoms with Gasteiger partial charge in [0, 0.05) is 14.3 Å². The predicted octanol–water partition coefficient (Wildman–Crippen LogP) is 2.92. The highest BCUT2D eigenvalue weighted by atomic mass is 28.2. The zero-order valence-electron chi connectivity index (χ0n) is 15.6. The Labute approximate surface area is 156 Å². The number of amides is 2. The third kappa shape index (κ3) is 3.03. The lowest BCUT2D eigenvalue weighted by atomic mass is 9.87. The monoisotopic (exact) mass is 364 g/mol. The Morgan fingerprint density at radius 2 is 1.88 bits per heavy atom. The van der Waals surface area contributed by atoms with E-state index in [1.807, 2.05) is 6.08 Å². The maximum atomic E-state index is 11.3. The number of rotatable bonds is 5. The molecule has 3 aliphatic rings. The van der Waals surface area contributed by atoms with Gasteiger partial charge in [0.1, 0.15) is 0 Å². The fourth-order valence-electron chi connectivity index (χ4n) is 4.19. The number of carbonyl (C=O) groups is 2.